The summed E-state index contributed by atoms with van der Waals surface area (Å²) >= 11 is 0. The maximum Gasteiger partial charge on any atom is 0.161 e. The average molecular weight is 534 g/mol. The summed E-state index contributed by atoms with van der Waals surface area (Å²) in [6.45, 7) is 3.32. The largest absolute Gasteiger partial charge is 0.370 e. The molecule has 0 aliphatic carbocycles. The van der Waals surface area contributed by atoms with E-state index in [1.54, 1.807) is 18.6 Å². The van der Waals surface area contributed by atoms with E-state index in [0.29, 0.717) is 40.5 Å². The summed E-state index contributed by atoms with van der Waals surface area (Å²) in [6.07, 6.45) is 10.3. The Labute approximate surface area is 229 Å². The van der Waals surface area contributed by atoms with Crippen LogP contribution in [0.2, 0.25) is 0 Å². The van der Waals surface area contributed by atoms with Crippen LogP contribution in [0.25, 0.3) is 44.8 Å². The van der Waals surface area contributed by atoms with Crippen molar-refractivity contribution in [2.24, 2.45) is 0 Å². The van der Waals surface area contributed by atoms with Crippen LogP contribution in [0.4, 0.5) is 10.1 Å². The van der Waals surface area contributed by atoms with Gasteiger partial charge in [-0.05, 0) is 42.5 Å². The van der Waals surface area contributed by atoms with Crippen molar-refractivity contribution in [3.8, 4) is 22.6 Å². The standard InChI is InChI=1S/C30H28FN9/c31-25-22(21-13-20(16-33-17-21)15-32-14-19-7-3-1-4-8-19)18-35-28-24(25)27(38-39-28)30-36-26-23(9-10-34-29(26)37-30)40-11-5-2-6-12-40/h1,3-4,7-10,13,16-18,32H,2,5-6,11-12,14-15H2,(H,34,36,37)(H,35,38,39). The van der Waals surface area contributed by atoms with Gasteiger partial charge in [0.15, 0.2) is 17.1 Å². The van der Waals surface area contributed by atoms with Gasteiger partial charge in [0.25, 0.3) is 0 Å². The Kier molecular flexibility index (Phi) is 6.37. The number of nitrogens with one attached hydrogen (secondary N) is 3. The van der Waals surface area contributed by atoms with Gasteiger partial charge in [0, 0.05) is 62.1 Å². The maximum atomic E-state index is 16.2. The van der Waals surface area contributed by atoms with Crippen molar-refractivity contribution in [2.75, 3.05) is 18.0 Å². The van der Waals surface area contributed by atoms with Crippen molar-refractivity contribution in [3.05, 3.63) is 84.2 Å². The van der Waals surface area contributed by atoms with Crippen molar-refractivity contribution >= 4 is 27.9 Å². The molecule has 200 valence electrons. The van der Waals surface area contributed by atoms with Crippen molar-refractivity contribution in [1.82, 2.24) is 40.4 Å². The molecule has 5 aromatic heterocycles. The average Bonchev–Trinajstić information content (AvgIpc) is 3.63. The molecular formula is C30H28FN9. The first kappa shape index (κ1) is 24.3. The monoisotopic (exact) mass is 533 g/mol. The van der Waals surface area contributed by atoms with Gasteiger partial charge in [0.1, 0.15) is 17.0 Å². The zero-order valence-electron chi connectivity index (χ0n) is 21.9. The van der Waals surface area contributed by atoms with Crippen LogP contribution in [0.5, 0.6) is 0 Å². The SMILES string of the molecule is Fc1c(-c2cncc(CNCc3ccccc3)c2)cnc2[nH]nc(-c3nc4c(N5CCCCC5)ccnc4[nH]3)c12. The zero-order valence-corrected chi connectivity index (χ0v) is 21.9. The van der Waals surface area contributed by atoms with Gasteiger partial charge in [-0.15, -0.1) is 0 Å². The first-order chi connectivity index (χ1) is 19.7. The molecule has 6 aromatic rings. The summed E-state index contributed by atoms with van der Waals surface area (Å²) in [5.74, 6) is 0.0302. The minimum absolute atomic E-state index is 0.281. The number of piperidine rings is 1. The lowest BCUT2D eigenvalue weighted by Gasteiger charge is -2.28. The predicted molar refractivity (Wildman–Crippen MR) is 153 cm³/mol. The molecule has 9 nitrogen and oxygen atoms in total. The van der Waals surface area contributed by atoms with Crippen molar-refractivity contribution < 1.29 is 4.39 Å². The van der Waals surface area contributed by atoms with E-state index < -0.39 is 5.82 Å². The summed E-state index contributed by atoms with van der Waals surface area (Å²) in [5.41, 5.74) is 6.34. The number of hydrogen-bond donors (Lipinski definition) is 3. The molecule has 6 heterocycles. The highest BCUT2D eigenvalue weighted by Crippen LogP contribution is 2.34. The molecule has 1 saturated heterocycles. The second-order valence-corrected chi connectivity index (χ2v) is 10.1. The number of pyridine rings is 3. The molecule has 1 aliphatic heterocycles. The molecule has 0 saturated carbocycles. The quantitative estimate of drug-likeness (QED) is 0.253. The van der Waals surface area contributed by atoms with E-state index in [0.717, 1.165) is 49.2 Å². The summed E-state index contributed by atoms with van der Waals surface area (Å²) in [4.78, 5) is 23.8. The van der Waals surface area contributed by atoms with E-state index in [1.165, 1.54) is 18.2 Å². The molecule has 40 heavy (non-hydrogen) atoms. The van der Waals surface area contributed by atoms with Gasteiger partial charge < -0.3 is 15.2 Å². The number of nitrogens with zero attached hydrogens (tertiary/aromatic N) is 6. The molecule has 0 amide bonds. The van der Waals surface area contributed by atoms with Crippen LogP contribution < -0.4 is 10.2 Å². The zero-order chi connectivity index (χ0) is 26.9. The molecule has 0 radical (unpaired) electrons. The minimum Gasteiger partial charge on any atom is -0.370 e. The van der Waals surface area contributed by atoms with Gasteiger partial charge in [-0.1, -0.05) is 30.3 Å². The first-order valence-corrected chi connectivity index (χ1v) is 13.6. The maximum absolute atomic E-state index is 16.2. The number of fused-ring (bicyclic) bond motifs is 2. The minimum atomic E-state index is -0.422. The number of aromatic amines is 2. The highest BCUT2D eigenvalue weighted by atomic mass is 19.1. The van der Waals surface area contributed by atoms with E-state index in [9.17, 15) is 0 Å². The van der Waals surface area contributed by atoms with Crippen LogP contribution in [0, 0.1) is 5.82 Å². The lowest BCUT2D eigenvalue weighted by molar-refractivity contribution is 0.578. The highest BCUT2D eigenvalue weighted by Gasteiger charge is 2.22. The third kappa shape index (κ3) is 4.56. The van der Waals surface area contributed by atoms with E-state index in [4.69, 9.17) is 4.98 Å². The van der Waals surface area contributed by atoms with E-state index >= 15 is 4.39 Å². The third-order valence-electron chi connectivity index (χ3n) is 7.42. The molecule has 0 bridgehead atoms. The fourth-order valence-electron chi connectivity index (χ4n) is 5.41. The molecule has 1 aromatic carbocycles. The summed E-state index contributed by atoms with van der Waals surface area (Å²) in [6, 6.07) is 14.1. The van der Waals surface area contributed by atoms with E-state index in [2.05, 4.69) is 52.5 Å². The van der Waals surface area contributed by atoms with Gasteiger partial charge in [0.05, 0.1) is 11.1 Å². The Morgan fingerprint density at radius 3 is 2.62 bits per heavy atom. The second-order valence-electron chi connectivity index (χ2n) is 10.1. The number of hydrogen-bond acceptors (Lipinski definition) is 7. The molecule has 0 spiro atoms. The number of anilines is 1. The number of rotatable bonds is 7. The Hall–Kier alpha value is -4.70. The number of imidazole rings is 1. The van der Waals surface area contributed by atoms with E-state index in [-0.39, 0.29) is 5.39 Å². The van der Waals surface area contributed by atoms with E-state index in [1.807, 2.05) is 30.3 Å². The molecule has 3 N–H and O–H groups in total. The number of aromatic nitrogens is 7. The molecule has 1 aliphatic rings. The summed E-state index contributed by atoms with van der Waals surface area (Å²) in [7, 11) is 0. The molecular weight excluding hydrogens is 505 g/mol. The fourth-order valence-corrected chi connectivity index (χ4v) is 5.41. The van der Waals surface area contributed by atoms with Crippen LogP contribution in [-0.2, 0) is 13.1 Å². The van der Waals surface area contributed by atoms with Gasteiger partial charge in [0.2, 0.25) is 0 Å². The summed E-state index contributed by atoms with van der Waals surface area (Å²) < 4.78 is 16.2. The van der Waals surface area contributed by atoms with Crippen LogP contribution >= 0.6 is 0 Å². The van der Waals surface area contributed by atoms with Crippen molar-refractivity contribution in [3.63, 3.8) is 0 Å². The highest BCUT2D eigenvalue weighted by molar-refractivity contribution is 5.95. The van der Waals surface area contributed by atoms with Gasteiger partial charge >= 0.3 is 0 Å². The number of H-pyrrole nitrogens is 2. The van der Waals surface area contributed by atoms with Crippen LogP contribution in [0.3, 0.4) is 0 Å². The van der Waals surface area contributed by atoms with Crippen LogP contribution in [0.1, 0.15) is 30.4 Å². The Balaban J connectivity index is 1.21. The number of benzene rings is 1. The van der Waals surface area contributed by atoms with Gasteiger partial charge in [-0.2, -0.15) is 5.10 Å². The molecule has 1 fully saturated rings. The lowest BCUT2D eigenvalue weighted by atomic mass is 10.1. The Morgan fingerprint density at radius 2 is 1.75 bits per heavy atom. The third-order valence-corrected chi connectivity index (χ3v) is 7.42. The van der Waals surface area contributed by atoms with Crippen molar-refractivity contribution in [2.45, 2.75) is 32.4 Å². The Bertz CT molecular complexity index is 1790. The second kappa shape index (κ2) is 10.5. The predicted octanol–water partition coefficient (Wildman–Crippen LogP) is 5.38. The molecule has 0 unspecified atom stereocenters. The topological polar surface area (TPSA) is 111 Å². The fraction of sp³-hybridized carbons (Fsp3) is 0.233. The summed E-state index contributed by atoms with van der Waals surface area (Å²) in [5, 5.41) is 11.0. The van der Waals surface area contributed by atoms with Crippen LogP contribution in [-0.4, -0.2) is 48.2 Å². The number of halogens is 1. The molecule has 0 atom stereocenters. The van der Waals surface area contributed by atoms with Crippen LogP contribution in [0.15, 0.2) is 67.3 Å². The van der Waals surface area contributed by atoms with Gasteiger partial charge in [-0.25, -0.2) is 19.3 Å². The lowest BCUT2D eigenvalue weighted by Crippen LogP contribution is -2.29. The van der Waals surface area contributed by atoms with Crippen molar-refractivity contribution in [1.29, 1.82) is 0 Å². The first-order valence-electron chi connectivity index (χ1n) is 13.6. The normalized spacial score (nSPS) is 13.9. The molecule has 10 heteroatoms. The molecule has 7 rings (SSSR count). The van der Waals surface area contributed by atoms with Gasteiger partial charge in [-0.3, -0.25) is 10.1 Å². The smallest absolute Gasteiger partial charge is 0.161 e. The Morgan fingerprint density at radius 1 is 0.900 bits per heavy atom.